The van der Waals surface area contributed by atoms with Crippen molar-refractivity contribution in [3.8, 4) is 11.8 Å². The highest BCUT2D eigenvalue weighted by Gasteiger charge is 2.39. The zero-order chi connectivity index (χ0) is 28.0. The number of aromatic nitrogens is 3. The Hall–Kier alpha value is -3.61. The molecule has 3 aromatic rings. The summed E-state index contributed by atoms with van der Waals surface area (Å²) in [6.07, 6.45) is -1.16. The van der Waals surface area contributed by atoms with Crippen molar-refractivity contribution in [2.45, 2.75) is 56.5 Å². The number of hydrogen-bond donors (Lipinski definition) is 2. The van der Waals surface area contributed by atoms with Crippen LogP contribution in [0.25, 0.3) is 0 Å². The number of carbonyl (C=O) groups is 1. The molecule has 0 saturated heterocycles. The molecule has 1 aromatic carbocycles. The Kier molecular flexibility index (Phi) is 6.93. The molecule has 0 bridgehead atoms. The first-order valence-corrected chi connectivity index (χ1v) is 13.5. The van der Waals surface area contributed by atoms with Crippen LogP contribution in [0, 0.1) is 24.6 Å². The van der Waals surface area contributed by atoms with Crippen LogP contribution >= 0.6 is 0 Å². The van der Waals surface area contributed by atoms with Gasteiger partial charge >= 0.3 is 6.18 Å². The van der Waals surface area contributed by atoms with Gasteiger partial charge in [-0.15, -0.1) is 10.2 Å². The zero-order valence-electron chi connectivity index (χ0n) is 21.0. The maximum Gasteiger partial charge on any atom is 0.435 e. The molecule has 1 aliphatic rings. The third-order valence-electron chi connectivity index (χ3n) is 6.64. The Morgan fingerprint density at radius 3 is 2.42 bits per heavy atom. The van der Waals surface area contributed by atoms with Gasteiger partial charge in [-0.25, -0.2) is 8.99 Å². The molecule has 2 aromatic heterocycles. The number of amides is 1. The minimum Gasteiger partial charge on any atom is -0.418 e. The number of alkyl halides is 3. The van der Waals surface area contributed by atoms with Gasteiger partial charge in [0.15, 0.2) is 5.69 Å². The lowest BCUT2D eigenvalue weighted by atomic mass is 9.66. The smallest absolute Gasteiger partial charge is 0.418 e. The summed E-state index contributed by atoms with van der Waals surface area (Å²) in [5.74, 6) is -2.66. The van der Waals surface area contributed by atoms with Gasteiger partial charge in [0.25, 0.3) is 11.8 Å². The summed E-state index contributed by atoms with van der Waals surface area (Å²) < 4.78 is 81.1. The summed E-state index contributed by atoms with van der Waals surface area (Å²) >= 11 is 0. The van der Waals surface area contributed by atoms with Gasteiger partial charge in [-0.05, 0) is 61.9 Å². The first-order chi connectivity index (χ1) is 17.6. The van der Waals surface area contributed by atoms with Crippen molar-refractivity contribution in [2.24, 2.45) is 0 Å². The Morgan fingerprint density at radius 1 is 1.16 bits per heavy atom. The van der Waals surface area contributed by atoms with E-state index in [9.17, 15) is 26.6 Å². The Bertz CT molecular complexity index is 1540. The molecule has 8 nitrogen and oxygen atoms in total. The fourth-order valence-electron chi connectivity index (χ4n) is 4.29. The molecule has 38 heavy (non-hydrogen) atoms. The Labute approximate surface area is 216 Å². The van der Waals surface area contributed by atoms with E-state index < -0.39 is 50.5 Å². The topological polar surface area (TPSA) is 118 Å². The SMILES string of the molecule is Cc1cc(C2(C)CCC2)c(F)nc1Oc1nnc(C(F)(F)F)c(C)c1C(=O)Nc1cccc(S(C)(=N)=O)c1. The maximum absolute atomic E-state index is 14.9. The van der Waals surface area contributed by atoms with E-state index in [1.807, 2.05) is 6.92 Å². The second kappa shape index (κ2) is 9.61. The molecule has 13 heteroatoms. The number of benzene rings is 1. The number of nitrogens with zero attached hydrogens (tertiary/aromatic N) is 3. The summed E-state index contributed by atoms with van der Waals surface area (Å²) in [5.41, 5.74) is -1.99. The standard InChI is InChI=1S/C25H25F4N5O3S/c1-13-11-17(24(3)9-6-10-24)20(26)32-22(13)37-23-18(14(2)19(33-34-23)25(27,28)29)21(35)31-15-7-5-8-16(12-15)38(4,30)36/h5,7-8,11-12,30H,6,9-10H2,1-4H3,(H,31,35). The van der Waals surface area contributed by atoms with Crippen molar-refractivity contribution < 1.29 is 31.3 Å². The van der Waals surface area contributed by atoms with Crippen LogP contribution in [0.2, 0.25) is 0 Å². The van der Waals surface area contributed by atoms with E-state index in [2.05, 4.69) is 20.5 Å². The van der Waals surface area contributed by atoms with Gasteiger partial charge in [-0.2, -0.15) is 22.5 Å². The quantitative estimate of drug-likeness (QED) is 0.280. The van der Waals surface area contributed by atoms with Gasteiger partial charge in [0, 0.05) is 28.0 Å². The molecule has 1 fully saturated rings. The molecule has 1 saturated carbocycles. The van der Waals surface area contributed by atoms with Crippen LogP contribution in [0.15, 0.2) is 35.2 Å². The minimum absolute atomic E-state index is 0.0866. The van der Waals surface area contributed by atoms with Gasteiger partial charge in [-0.1, -0.05) is 19.4 Å². The normalized spacial score (nSPS) is 16.3. The van der Waals surface area contributed by atoms with Crippen LogP contribution < -0.4 is 10.1 Å². The van der Waals surface area contributed by atoms with Crippen molar-refractivity contribution in [3.05, 3.63) is 64.2 Å². The highest BCUT2D eigenvalue weighted by atomic mass is 32.2. The lowest BCUT2D eigenvalue weighted by molar-refractivity contribution is -0.142. The van der Waals surface area contributed by atoms with Crippen LogP contribution in [-0.2, 0) is 21.3 Å². The number of ether oxygens (including phenoxy) is 1. The number of halogens is 4. The fraction of sp³-hybridized carbons (Fsp3) is 0.360. The molecular weight excluding hydrogens is 526 g/mol. The van der Waals surface area contributed by atoms with Crippen molar-refractivity contribution in [1.29, 1.82) is 4.78 Å². The second-order valence-electron chi connectivity index (χ2n) is 9.64. The number of carbonyl (C=O) groups excluding carboxylic acids is 1. The zero-order valence-corrected chi connectivity index (χ0v) is 21.8. The van der Waals surface area contributed by atoms with Crippen LogP contribution in [-0.4, -0.2) is 31.6 Å². The van der Waals surface area contributed by atoms with E-state index in [4.69, 9.17) is 9.52 Å². The van der Waals surface area contributed by atoms with Crippen molar-refractivity contribution in [2.75, 3.05) is 11.6 Å². The van der Waals surface area contributed by atoms with Gasteiger partial charge in [0.2, 0.25) is 11.8 Å². The third-order valence-corrected chi connectivity index (χ3v) is 7.80. The number of pyridine rings is 1. The first kappa shape index (κ1) is 27.4. The van der Waals surface area contributed by atoms with Crippen molar-refractivity contribution in [3.63, 3.8) is 0 Å². The molecule has 2 N–H and O–H groups in total. The average molecular weight is 552 g/mol. The highest BCUT2D eigenvalue weighted by Crippen LogP contribution is 2.45. The number of aryl methyl sites for hydroxylation is 1. The van der Waals surface area contributed by atoms with Crippen LogP contribution in [0.3, 0.4) is 0 Å². The van der Waals surface area contributed by atoms with Gasteiger partial charge in [-0.3, -0.25) is 4.79 Å². The highest BCUT2D eigenvalue weighted by molar-refractivity contribution is 7.91. The van der Waals surface area contributed by atoms with Gasteiger partial charge < -0.3 is 10.1 Å². The molecule has 1 unspecified atom stereocenters. The molecule has 1 atom stereocenters. The molecule has 1 aliphatic carbocycles. The predicted molar refractivity (Wildman–Crippen MR) is 131 cm³/mol. The molecular formula is C25H25F4N5O3S. The number of rotatable bonds is 6. The number of nitrogens with one attached hydrogen (secondary N) is 2. The van der Waals surface area contributed by atoms with Gasteiger partial charge in [0.05, 0.1) is 9.73 Å². The molecule has 202 valence electrons. The minimum atomic E-state index is -4.91. The van der Waals surface area contributed by atoms with Crippen LogP contribution in [0.4, 0.5) is 23.2 Å². The first-order valence-electron chi connectivity index (χ1n) is 11.6. The van der Waals surface area contributed by atoms with E-state index in [1.165, 1.54) is 30.5 Å². The van der Waals surface area contributed by atoms with E-state index in [-0.39, 0.29) is 21.9 Å². The summed E-state index contributed by atoms with van der Waals surface area (Å²) in [7, 11) is -3.12. The Morgan fingerprint density at radius 2 is 1.84 bits per heavy atom. The molecule has 0 spiro atoms. The molecule has 0 aliphatic heterocycles. The van der Waals surface area contributed by atoms with E-state index in [1.54, 1.807) is 13.0 Å². The summed E-state index contributed by atoms with van der Waals surface area (Å²) in [6, 6.07) is 7.15. The van der Waals surface area contributed by atoms with E-state index in [0.29, 0.717) is 11.1 Å². The molecule has 1 amide bonds. The summed E-state index contributed by atoms with van der Waals surface area (Å²) in [6.45, 7) is 4.57. The fourth-order valence-corrected chi connectivity index (χ4v) is 4.98. The van der Waals surface area contributed by atoms with Crippen molar-refractivity contribution in [1.82, 2.24) is 15.2 Å². The monoisotopic (exact) mass is 551 g/mol. The third kappa shape index (κ3) is 5.33. The van der Waals surface area contributed by atoms with E-state index >= 15 is 0 Å². The van der Waals surface area contributed by atoms with Crippen LogP contribution in [0.1, 0.15) is 58.9 Å². The lowest BCUT2D eigenvalue weighted by Gasteiger charge is -2.38. The second-order valence-corrected chi connectivity index (χ2v) is 11.8. The summed E-state index contributed by atoms with van der Waals surface area (Å²) in [4.78, 5) is 17.2. The summed E-state index contributed by atoms with van der Waals surface area (Å²) in [5, 5.41) is 9.14. The maximum atomic E-state index is 14.9. The molecule has 0 radical (unpaired) electrons. The molecule has 2 heterocycles. The Balaban J connectivity index is 1.76. The predicted octanol–water partition coefficient (Wildman–Crippen LogP) is 6.17. The molecule has 4 rings (SSSR count). The number of hydrogen-bond acceptors (Lipinski definition) is 7. The lowest BCUT2D eigenvalue weighted by Crippen LogP contribution is -2.32. The average Bonchev–Trinajstić information content (AvgIpc) is 2.78. The number of anilines is 1. The van der Waals surface area contributed by atoms with Crippen LogP contribution in [0.5, 0.6) is 11.8 Å². The largest absolute Gasteiger partial charge is 0.435 e. The van der Waals surface area contributed by atoms with Gasteiger partial charge in [0.1, 0.15) is 5.56 Å². The van der Waals surface area contributed by atoms with Crippen molar-refractivity contribution >= 4 is 21.3 Å². The van der Waals surface area contributed by atoms with E-state index in [0.717, 1.165) is 26.2 Å².